The van der Waals surface area contributed by atoms with E-state index in [4.69, 9.17) is 0 Å². The molecule has 1 saturated carbocycles. The molecular formula is C13H14O3. The average Bonchev–Trinajstić information content (AvgIpc) is 3.04. The molecule has 1 aliphatic rings. The van der Waals surface area contributed by atoms with Crippen molar-refractivity contribution in [2.24, 2.45) is 11.3 Å². The fourth-order valence-electron chi connectivity index (χ4n) is 2.12. The van der Waals surface area contributed by atoms with E-state index in [1.807, 2.05) is 30.3 Å². The van der Waals surface area contributed by atoms with Crippen molar-refractivity contribution in [1.29, 1.82) is 0 Å². The van der Waals surface area contributed by atoms with Crippen LogP contribution in [0.2, 0.25) is 0 Å². The molecule has 0 spiro atoms. The first-order valence-corrected chi connectivity index (χ1v) is 5.30. The maximum Gasteiger partial charge on any atom is 0.309 e. The van der Waals surface area contributed by atoms with Crippen LogP contribution in [0.5, 0.6) is 0 Å². The summed E-state index contributed by atoms with van der Waals surface area (Å²) in [7, 11) is 1.36. The molecule has 1 fully saturated rings. The fraction of sp³-hybridized carbons (Fsp3) is 0.385. The lowest BCUT2D eigenvalue weighted by molar-refractivity contribution is -0.143. The van der Waals surface area contributed by atoms with Crippen LogP contribution in [0.3, 0.4) is 0 Å². The van der Waals surface area contributed by atoms with Crippen LogP contribution in [0, 0.1) is 11.3 Å². The Bertz CT molecular complexity index is 399. The maximum atomic E-state index is 11.4. The van der Waals surface area contributed by atoms with E-state index in [9.17, 15) is 9.59 Å². The van der Waals surface area contributed by atoms with Gasteiger partial charge in [0, 0.05) is 5.41 Å². The first-order chi connectivity index (χ1) is 7.72. The second kappa shape index (κ2) is 4.08. The van der Waals surface area contributed by atoms with Crippen LogP contribution < -0.4 is 0 Å². The predicted molar refractivity (Wildman–Crippen MR) is 58.8 cm³/mol. The summed E-state index contributed by atoms with van der Waals surface area (Å²) in [6.07, 6.45) is 2.14. The number of esters is 1. The van der Waals surface area contributed by atoms with Crippen LogP contribution in [0.4, 0.5) is 0 Å². The molecule has 0 radical (unpaired) electrons. The second-order valence-corrected chi connectivity index (χ2v) is 4.29. The minimum atomic E-state index is -0.519. The van der Waals surface area contributed by atoms with Crippen molar-refractivity contribution < 1.29 is 14.3 Å². The summed E-state index contributed by atoms with van der Waals surface area (Å²) in [5, 5.41) is 0. The number of rotatable bonds is 4. The van der Waals surface area contributed by atoms with Crippen LogP contribution in [-0.4, -0.2) is 19.4 Å². The summed E-state index contributed by atoms with van der Waals surface area (Å²) < 4.78 is 4.67. The summed E-state index contributed by atoms with van der Waals surface area (Å²) in [5.41, 5.74) is 0.565. The van der Waals surface area contributed by atoms with Crippen LogP contribution in [0.15, 0.2) is 30.3 Å². The van der Waals surface area contributed by atoms with E-state index < -0.39 is 5.41 Å². The molecule has 16 heavy (non-hydrogen) atoms. The molecule has 0 amide bonds. The molecule has 84 valence electrons. The van der Waals surface area contributed by atoms with E-state index in [1.165, 1.54) is 7.11 Å². The van der Waals surface area contributed by atoms with E-state index >= 15 is 0 Å². The van der Waals surface area contributed by atoms with Crippen LogP contribution in [0.25, 0.3) is 0 Å². The summed E-state index contributed by atoms with van der Waals surface area (Å²) in [6.45, 7) is 0. The number of benzene rings is 1. The number of hydrogen-bond acceptors (Lipinski definition) is 3. The molecule has 0 saturated heterocycles. The Morgan fingerprint density at radius 2 is 2.19 bits per heavy atom. The molecule has 0 aliphatic heterocycles. The average molecular weight is 218 g/mol. The Kier molecular flexibility index (Phi) is 2.77. The van der Waals surface area contributed by atoms with Gasteiger partial charge < -0.3 is 9.53 Å². The minimum Gasteiger partial charge on any atom is -0.469 e. The molecule has 3 heteroatoms. The Morgan fingerprint density at radius 1 is 1.50 bits per heavy atom. The van der Waals surface area contributed by atoms with Crippen molar-refractivity contribution in [3.8, 4) is 0 Å². The highest BCUT2D eigenvalue weighted by atomic mass is 16.5. The molecule has 1 aliphatic carbocycles. The highest BCUT2D eigenvalue weighted by Crippen LogP contribution is 2.53. The standard InChI is InChI=1S/C13H14O3/c1-16-12(15)11-8-13(11,9-14)7-10-5-3-2-4-6-10/h2-6,9,11H,7-8H2,1H3/t11-,13+/m0/s1. The van der Waals surface area contributed by atoms with Gasteiger partial charge in [0.05, 0.1) is 13.0 Å². The van der Waals surface area contributed by atoms with Gasteiger partial charge in [-0.2, -0.15) is 0 Å². The van der Waals surface area contributed by atoms with E-state index in [0.29, 0.717) is 12.8 Å². The monoisotopic (exact) mass is 218 g/mol. The molecule has 1 aromatic carbocycles. The third kappa shape index (κ3) is 1.85. The van der Waals surface area contributed by atoms with Crippen molar-refractivity contribution in [1.82, 2.24) is 0 Å². The van der Waals surface area contributed by atoms with Gasteiger partial charge in [0.25, 0.3) is 0 Å². The minimum absolute atomic E-state index is 0.254. The summed E-state index contributed by atoms with van der Waals surface area (Å²) >= 11 is 0. The number of carbonyl (C=O) groups is 2. The topological polar surface area (TPSA) is 43.4 Å². The van der Waals surface area contributed by atoms with Gasteiger partial charge in [-0.15, -0.1) is 0 Å². The van der Waals surface area contributed by atoms with Gasteiger partial charge in [-0.3, -0.25) is 4.79 Å². The number of carbonyl (C=O) groups excluding carboxylic acids is 2. The Morgan fingerprint density at radius 3 is 2.75 bits per heavy atom. The number of hydrogen-bond donors (Lipinski definition) is 0. The highest BCUT2D eigenvalue weighted by molar-refractivity contribution is 5.85. The van der Waals surface area contributed by atoms with Crippen LogP contribution in [-0.2, 0) is 20.7 Å². The molecule has 3 nitrogen and oxygen atoms in total. The summed E-state index contributed by atoms with van der Waals surface area (Å²) in [4.78, 5) is 22.5. The lowest BCUT2D eigenvalue weighted by Gasteiger charge is -2.08. The second-order valence-electron chi connectivity index (χ2n) is 4.29. The molecule has 0 N–H and O–H groups in total. The van der Waals surface area contributed by atoms with Gasteiger partial charge in [0.15, 0.2) is 0 Å². The third-order valence-electron chi connectivity index (χ3n) is 3.21. The molecule has 1 aromatic rings. The molecule has 0 unspecified atom stereocenters. The summed E-state index contributed by atoms with van der Waals surface area (Å²) in [6, 6.07) is 9.74. The SMILES string of the molecule is COC(=O)[C@@H]1C[C@@]1(C=O)Cc1ccccc1. The largest absolute Gasteiger partial charge is 0.469 e. The van der Waals surface area contributed by atoms with Crippen LogP contribution in [0.1, 0.15) is 12.0 Å². The number of methoxy groups -OCH3 is 1. The van der Waals surface area contributed by atoms with Crippen molar-refractivity contribution in [2.45, 2.75) is 12.8 Å². The lowest BCUT2D eigenvalue weighted by Crippen LogP contribution is -2.16. The Balaban J connectivity index is 2.09. The molecular weight excluding hydrogens is 204 g/mol. The fourth-order valence-corrected chi connectivity index (χ4v) is 2.12. The zero-order chi connectivity index (χ0) is 11.6. The van der Waals surface area contributed by atoms with Gasteiger partial charge in [0.1, 0.15) is 6.29 Å². The van der Waals surface area contributed by atoms with Crippen molar-refractivity contribution in [3.05, 3.63) is 35.9 Å². The van der Waals surface area contributed by atoms with E-state index in [1.54, 1.807) is 0 Å². The molecule has 2 rings (SSSR count). The predicted octanol–water partition coefficient (Wildman–Crippen LogP) is 1.61. The quantitative estimate of drug-likeness (QED) is 0.569. The number of ether oxygens (including phenoxy) is 1. The van der Waals surface area contributed by atoms with E-state index in [-0.39, 0.29) is 11.9 Å². The van der Waals surface area contributed by atoms with E-state index in [0.717, 1.165) is 11.8 Å². The van der Waals surface area contributed by atoms with Gasteiger partial charge >= 0.3 is 5.97 Å². The Hall–Kier alpha value is -1.64. The van der Waals surface area contributed by atoms with Crippen LogP contribution >= 0.6 is 0 Å². The molecule has 0 bridgehead atoms. The smallest absolute Gasteiger partial charge is 0.309 e. The third-order valence-corrected chi connectivity index (χ3v) is 3.21. The normalized spacial score (nSPS) is 27.2. The number of aldehydes is 1. The van der Waals surface area contributed by atoms with Gasteiger partial charge in [-0.25, -0.2) is 0 Å². The zero-order valence-corrected chi connectivity index (χ0v) is 9.18. The summed E-state index contributed by atoms with van der Waals surface area (Å²) in [5.74, 6) is -0.529. The lowest BCUT2D eigenvalue weighted by atomic mass is 9.95. The van der Waals surface area contributed by atoms with Crippen molar-refractivity contribution in [3.63, 3.8) is 0 Å². The zero-order valence-electron chi connectivity index (χ0n) is 9.18. The molecule has 2 atom stereocenters. The van der Waals surface area contributed by atoms with Gasteiger partial charge in [-0.05, 0) is 18.4 Å². The first kappa shape index (κ1) is 10.9. The van der Waals surface area contributed by atoms with E-state index in [2.05, 4.69) is 4.74 Å². The van der Waals surface area contributed by atoms with Gasteiger partial charge in [0.2, 0.25) is 0 Å². The Labute approximate surface area is 94.4 Å². The van der Waals surface area contributed by atoms with Crippen molar-refractivity contribution in [2.75, 3.05) is 7.11 Å². The highest BCUT2D eigenvalue weighted by Gasteiger charge is 2.59. The first-order valence-electron chi connectivity index (χ1n) is 5.30. The van der Waals surface area contributed by atoms with Crippen molar-refractivity contribution >= 4 is 12.3 Å². The molecule has 0 heterocycles. The molecule has 0 aromatic heterocycles. The van der Waals surface area contributed by atoms with Gasteiger partial charge in [-0.1, -0.05) is 30.3 Å². The maximum absolute atomic E-state index is 11.4.